The Labute approximate surface area is 131 Å². The van der Waals surface area contributed by atoms with E-state index < -0.39 is 17.6 Å². The van der Waals surface area contributed by atoms with Crippen molar-refractivity contribution in [3.8, 4) is 0 Å². The summed E-state index contributed by atoms with van der Waals surface area (Å²) in [5.74, 6) is -1.53. The Hall–Kier alpha value is -1.14. The van der Waals surface area contributed by atoms with Crippen molar-refractivity contribution in [3.05, 3.63) is 0 Å². The van der Waals surface area contributed by atoms with Gasteiger partial charge in [-0.25, -0.2) is 0 Å². The maximum Gasteiger partial charge on any atom is 0.309 e. The third-order valence-electron chi connectivity index (χ3n) is 4.92. The Morgan fingerprint density at radius 2 is 1.73 bits per heavy atom. The molecule has 2 aliphatic carbocycles. The number of carbonyl (C=O) groups excluding carboxylic acids is 2. The van der Waals surface area contributed by atoms with E-state index in [9.17, 15) is 9.59 Å². The molecule has 3 aliphatic rings. The molecule has 2 N–H and O–H groups in total. The van der Waals surface area contributed by atoms with Gasteiger partial charge in [0.25, 0.3) is 0 Å². The molecule has 2 amide bonds. The zero-order chi connectivity index (χ0) is 15.4. The Morgan fingerprint density at radius 1 is 1.00 bits per heavy atom. The van der Waals surface area contributed by atoms with Gasteiger partial charge in [-0.3, -0.25) is 9.59 Å². The van der Waals surface area contributed by atoms with Gasteiger partial charge in [-0.1, -0.05) is 19.3 Å². The lowest BCUT2D eigenvalue weighted by atomic mass is 9.94. The molecule has 0 aromatic rings. The van der Waals surface area contributed by atoms with Gasteiger partial charge in [0.15, 0.2) is 5.79 Å². The molecule has 3 rings (SSSR count). The monoisotopic (exact) mass is 310 g/mol. The number of nitrogens with one attached hydrogen (secondary N) is 2. The van der Waals surface area contributed by atoms with Gasteiger partial charge in [-0.05, 0) is 25.7 Å². The minimum Gasteiger partial charge on any atom is -0.347 e. The molecular weight excluding hydrogens is 284 g/mol. The molecule has 1 atom stereocenters. The number of hydrogen-bond acceptors (Lipinski definition) is 4. The summed E-state index contributed by atoms with van der Waals surface area (Å²) in [7, 11) is 0. The van der Waals surface area contributed by atoms with Gasteiger partial charge in [0.2, 0.25) is 0 Å². The highest BCUT2D eigenvalue weighted by Crippen LogP contribution is 2.37. The van der Waals surface area contributed by atoms with E-state index >= 15 is 0 Å². The van der Waals surface area contributed by atoms with Crippen LogP contribution in [0.15, 0.2) is 0 Å². The number of carbonyl (C=O) groups is 2. The second-order valence-corrected chi connectivity index (χ2v) is 6.69. The fraction of sp³-hybridized carbons (Fsp3) is 0.875. The van der Waals surface area contributed by atoms with Crippen molar-refractivity contribution < 1.29 is 19.1 Å². The lowest BCUT2D eigenvalue weighted by Crippen LogP contribution is -2.46. The van der Waals surface area contributed by atoms with Crippen molar-refractivity contribution in [2.45, 2.75) is 75.7 Å². The second kappa shape index (κ2) is 6.96. The van der Waals surface area contributed by atoms with Gasteiger partial charge < -0.3 is 20.1 Å². The van der Waals surface area contributed by atoms with Crippen molar-refractivity contribution in [1.29, 1.82) is 0 Å². The fourth-order valence-electron chi connectivity index (χ4n) is 3.68. The number of hydrogen-bond donors (Lipinski definition) is 2. The number of rotatable bonds is 3. The summed E-state index contributed by atoms with van der Waals surface area (Å²) < 4.78 is 11.8. The minimum absolute atomic E-state index is 0.152. The molecule has 124 valence electrons. The predicted octanol–water partition coefficient (Wildman–Crippen LogP) is 1.24. The molecule has 6 heteroatoms. The first-order valence-corrected chi connectivity index (χ1v) is 8.57. The maximum atomic E-state index is 11.8. The lowest BCUT2D eigenvalue weighted by molar-refractivity contribution is -0.186. The molecular formula is C16H26N2O4. The van der Waals surface area contributed by atoms with Crippen molar-refractivity contribution >= 4 is 11.8 Å². The molecule has 1 spiro atoms. The van der Waals surface area contributed by atoms with E-state index in [1.807, 2.05) is 0 Å². The molecule has 0 radical (unpaired) electrons. The van der Waals surface area contributed by atoms with E-state index in [2.05, 4.69) is 10.6 Å². The standard InChI is InChI=1S/C16H26N2O4/c19-14(15(20)18-12-6-2-3-7-12)17-10-13-11-21-16(22-13)8-4-1-5-9-16/h12-13H,1-11H2,(H,17,19)(H,18,20)/t13-/m1/s1. The average Bonchev–Trinajstić information content (AvgIpc) is 3.16. The van der Waals surface area contributed by atoms with Gasteiger partial charge in [0, 0.05) is 25.4 Å². The van der Waals surface area contributed by atoms with Crippen LogP contribution < -0.4 is 10.6 Å². The number of ether oxygens (including phenoxy) is 2. The van der Waals surface area contributed by atoms with E-state index in [1.165, 1.54) is 6.42 Å². The van der Waals surface area contributed by atoms with E-state index in [1.54, 1.807) is 0 Å². The molecule has 0 unspecified atom stereocenters. The maximum absolute atomic E-state index is 11.8. The average molecular weight is 310 g/mol. The van der Waals surface area contributed by atoms with Gasteiger partial charge in [0.05, 0.1) is 6.61 Å². The Bertz CT molecular complexity index is 414. The molecule has 1 aliphatic heterocycles. The van der Waals surface area contributed by atoms with Crippen LogP contribution in [0.25, 0.3) is 0 Å². The molecule has 1 saturated heterocycles. The predicted molar refractivity (Wildman–Crippen MR) is 80.0 cm³/mol. The Kier molecular flexibility index (Phi) is 4.98. The highest BCUT2D eigenvalue weighted by Gasteiger charge is 2.42. The molecule has 0 aromatic heterocycles. The van der Waals surface area contributed by atoms with Crippen LogP contribution in [0.5, 0.6) is 0 Å². The smallest absolute Gasteiger partial charge is 0.309 e. The highest BCUT2D eigenvalue weighted by atomic mass is 16.7. The Morgan fingerprint density at radius 3 is 2.45 bits per heavy atom. The van der Waals surface area contributed by atoms with Crippen molar-refractivity contribution in [2.24, 2.45) is 0 Å². The first-order chi connectivity index (χ1) is 10.7. The first kappa shape index (κ1) is 15.7. The number of amides is 2. The quantitative estimate of drug-likeness (QED) is 0.769. The molecule has 3 fully saturated rings. The van der Waals surface area contributed by atoms with E-state index in [0.717, 1.165) is 51.4 Å². The highest BCUT2D eigenvalue weighted by molar-refractivity contribution is 6.35. The zero-order valence-corrected chi connectivity index (χ0v) is 13.1. The molecule has 0 aromatic carbocycles. The molecule has 2 saturated carbocycles. The lowest BCUT2D eigenvalue weighted by Gasteiger charge is -2.31. The van der Waals surface area contributed by atoms with Crippen LogP contribution in [0.4, 0.5) is 0 Å². The zero-order valence-electron chi connectivity index (χ0n) is 13.1. The van der Waals surface area contributed by atoms with E-state index in [0.29, 0.717) is 13.2 Å². The summed E-state index contributed by atoms with van der Waals surface area (Å²) in [5, 5.41) is 5.45. The third-order valence-corrected chi connectivity index (χ3v) is 4.92. The summed E-state index contributed by atoms with van der Waals surface area (Å²) in [4.78, 5) is 23.6. The minimum atomic E-state index is -0.569. The van der Waals surface area contributed by atoms with Crippen LogP contribution >= 0.6 is 0 Å². The molecule has 1 heterocycles. The first-order valence-electron chi connectivity index (χ1n) is 8.57. The van der Waals surface area contributed by atoms with Gasteiger partial charge >= 0.3 is 11.8 Å². The summed E-state index contributed by atoms with van der Waals surface area (Å²) in [6.07, 6.45) is 9.40. The topological polar surface area (TPSA) is 76.7 Å². The van der Waals surface area contributed by atoms with Gasteiger partial charge in [-0.2, -0.15) is 0 Å². The van der Waals surface area contributed by atoms with Crippen LogP contribution in [-0.4, -0.2) is 42.9 Å². The molecule has 0 bridgehead atoms. The van der Waals surface area contributed by atoms with Crippen LogP contribution in [-0.2, 0) is 19.1 Å². The van der Waals surface area contributed by atoms with E-state index in [-0.39, 0.29) is 12.1 Å². The van der Waals surface area contributed by atoms with Crippen LogP contribution in [0, 0.1) is 0 Å². The fourth-order valence-corrected chi connectivity index (χ4v) is 3.68. The van der Waals surface area contributed by atoms with E-state index in [4.69, 9.17) is 9.47 Å². The molecule has 22 heavy (non-hydrogen) atoms. The summed E-state index contributed by atoms with van der Waals surface area (Å²) in [6, 6.07) is 0.162. The summed E-state index contributed by atoms with van der Waals surface area (Å²) in [5.41, 5.74) is 0. The van der Waals surface area contributed by atoms with Crippen LogP contribution in [0.1, 0.15) is 57.8 Å². The molecule has 6 nitrogen and oxygen atoms in total. The van der Waals surface area contributed by atoms with Crippen molar-refractivity contribution in [2.75, 3.05) is 13.2 Å². The normalized spacial score (nSPS) is 27.9. The SMILES string of the molecule is O=C(NC[C@@H]1COC2(CCCCC2)O1)C(=O)NC1CCCC1. The van der Waals surface area contributed by atoms with Gasteiger partial charge in [0.1, 0.15) is 6.10 Å². The van der Waals surface area contributed by atoms with Crippen LogP contribution in [0.2, 0.25) is 0 Å². The second-order valence-electron chi connectivity index (χ2n) is 6.69. The van der Waals surface area contributed by atoms with Gasteiger partial charge in [-0.15, -0.1) is 0 Å². The summed E-state index contributed by atoms with van der Waals surface area (Å²) >= 11 is 0. The van der Waals surface area contributed by atoms with Crippen molar-refractivity contribution in [1.82, 2.24) is 10.6 Å². The Balaban J connectivity index is 1.38. The summed E-state index contributed by atoms with van der Waals surface area (Å²) in [6.45, 7) is 0.823. The largest absolute Gasteiger partial charge is 0.347 e. The third kappa shape index (κ3) is 3.79. The van der Waals surface area contributed by atoms with Crippen molar-refractivity contribution in [3.63, 3.8) is 0 Å². The van der Waals surface area contributed by atoms with Crippen LogP contribution in [0.3, 0.4) is 0 Å².